The van der Waals surface area contributed by atoms with Crippen molar-refractivity contribution >= 4 is 61.5 Å². The molecule has 0 saturated carbocycles. The zero-order valence-corrected chi connectivity index (χ0v) is 25.1. The van der Waals surface area contributed by atoms with Crippen LogP contribution in [-0.2, 0) is 0 Å². The first-order chi connectivity index (χ1) is 22.0. The molecule has 0 amide bonds. The lowest BCUT2D eigenvalue weighted by Crippen LogP contribution is -2.10. The Kier molecular flexibility index (Phi) is 7.07. The second kappa shape index (κ2) is 11.5. The summed E-state index contributed by atoms with van der Waals surface area (Å²) in [5, 5.41) is 25.8. The Bertz CT molecular complexity index is 2340. The van der Waals surface area contributed by atoms with Gasteiger partial charge in [-0.1, -0.05) is 114 Å². The Morgan fingerprint density at radius 1 is 0.489 bits per heavy atom. The minimum Gasteiger partial charge on any atom is -0.310 e. The summed E-state index contributed by atoms with van der Waals surface area (Å²) in [7, 11) is 0. The van der Waals surface area contributed by atoms with E-state index in [1.54, 1.807) is 0 Å². The number of aryl methyl sites for hydroxylation is 2. The van der Waals surface area contributed by atoms with Gasteiger partial charge in [-0.25, -0.2) is 0 Å². The third-order valence-corrected chi connectivity index (χ3v) is 8.44. The van der Waals surface area contributed by atoms with Gasteiger partial charge < -0.3 is 4.90 Å². The normalized spacial score (nSPS) is 11.2. The molecule has 3 nitrogen and oxygen atoms in total. The topological polar surface area (TPSA) is 50.8 Å². The lowest BCUT2D eigenvalue weighted by atomic mass is 9.91. The van der Waals surface area contributed by atoms with E-state index in [-0.39, 0.29) is 0 Å². The quantitative estimate of drug-likeness (QED) is 0.151. The Hall–Kier alpha value is -6.16. The van der Waals surface area contributed by atoms with Gasteiger partial charge in [-0.15, -0.1) is 0 Å². The second-order valence-corrected chi connectivity index (χ2v) is 11.4. The lowest BCUT2D eigenvalue weighted by molar-refractivity contribution is 1.29. The summed E-state index contributed by atoms with van der Waals surface area (Å²) in [6.07, 6.45) is 4.21. The van der Waals surface area contributed by atoms with Crippen LogP contribution in [0.3, 0.4) is 0 Å². The van der Waals surface area contributed by atoms with Crippen LogP contribution in [0.4, 0.5) is 17.1 Å². The Balaban J connectivity index is 1.27. The molecular formula is C42H29N3. The summed E-state index contributed by atoms with van der Waals surface area (Å²) in [6.45, 7) is 4.15. The van der Waals surface area contributed by atoms with Crippen molar-refractivity contribution in [3.05, 3.63) is 161 Å². The van der Waals surface area contributed by atoms with Crippen LogP contribution < -0.4 is 4.90 Å². The third kappa shape index (κ3) is 5.08. The molecule has 45 heavy (non-hydrogen) atoms. The van der Waals surface area contributed by atoms with Crippen LogP contribution in [0, 0.1) is 36.5 Å². The molecule has 0 N–H and O–H groups in total. The molecule has 7 rings (SSSR count). The monoisotopic (exact) mass is 575 g/mol. The maximum atomic E-state index is 9.94. The van der Waals surface area contributed by atoms with E-state index < -0.39 is 0 Å². The molecule has 0 saturated heterocycles. The first-order valence-corrected chi connectivity index (χ1v) is 15.0. The highest BCUT2D eigenvalue weighted by atomic mass is 15.1. The van der Waals surface area contributed by atoms with Crippen molar-refractivity contribution in [3.63, 3.8) is 0 Å². The molecule has 0 heterocycles. The van der Waals surface area contributed by atoms with Crippen LogP contribution in [0.2, 0.25) is 0 Å². The van der Waals surface area contributed by atoms with Crippen molar-refractivity contribution < 1.29 is 0 Å². The highest BCUT2D eigenvalue weighted by Gasteiger charge is 2.16. The van der Waals surface area contributed by atoms with Crippen LogP contribution >= 0.6 is 0 Å². The van der Waals surface area contributed by atoms with E-state index >= 15 is 0 Å². The fourth-order valence-electron chi connectivity index (χ4n) is 6.16. The first-order valence-electron chi connectivity index (χ1n) is 15.0. The maximum Gasteiger partial charge on any atom is 0.101 e. The predicted molar refractivity (Wildman–Crippen MR) is 188 cm³/mol. The van der Waals surface area contributed by atoms with Gasteiger partial charge in [-0.2, -0.15) is 10.5 Å². The summed E-state index contributed by atoms with van der Waals surface area (Å²) < 4.78 is 0. The van der Waals surface area contributed by atoms with Gasteiger partial charge in [0.15, 0.2) is 0 Å². The van der Waals surface area contributed by atoms with E-state index in [1.807, 2.05) is 31.2 Å². The SMILES string of the molecule is Cc1ccc(N(c2ccc(/C=C\c3ccc4c(C#N)c(C#N)c5ccc(C)cc5c4c3)cc2)c2cccc3ccccc23)cc1. The molecule has 212 valence electrons. The van der Waals surface area contributed by atoms with E-state index in [0.29, 0.717) is 11.1 Å². The summed E-state index contributed by atoms with van der Waals surface area (Å²) >= 11 is 0. The Labute approximate surface area is 263 Å². The molecule has 0 atom stereocenters. The number of nitriles is 2. The van der Waals surface area contributed by atoms with Gasteiger partial charge in [0, 0.05) is 27.5 Å². The summed E-state index contributed by atoms with van der Waals surface area (Å²) in [4.78, 5) is 2.31. The largest absolute Gasteiger partial charge is 0.310 e. The minimum absolute atomic E-state index is 0.430. The number of benzene rings is 7. The summed E-state index contributed by atoms with van der Waals surface area (Å²) in [5.41, 5.74) is 8.64. The molecule has 7 aromatic rings. The molecule has 0 spiro atoms. The van der Waals surface area contributed by atoms with Crippen molar-refractivity contribution in [2.24, 2.45) is 0 Å². The predicted octanol–water partition coefficient (Wildman–Crippen LogP) is 11.1. The number of nitrogens with zero attached hydrogens (tertiary/aromatic N) is 3. The molecule has 7 aromatic carbocycles. The van der Waals surface area contributed by atoms with Crippen LogP contribution in [-0.4, -0.2) is 0 Å². The molecule has 0 aliphatic carbocycles. The average Bonchev–Trinajstić information content (AvgIpc) is 3.08. The minimum atomic E-state index is 0.430. The molecule has 0 fully saturated rings. The van der Waals surface area contributed by atoms with Crippen LogP contribution in [0.1, 0.15) is 33.4 Å². The third-order valence-electron chi connectivity index (χ3n) is 8.44. The number of hydrogen-bond acceptors (Lipinski definition) is 3. The van der Waals surface area contributed by atoms with Crippen molar-refractivity contribution in [2.45, 2.75) is 13.8 Å². The molecule has 0 bridgehead atoms. The maximum absolute atomic E-state index is 9.94. The average molecular weight is 576 g/mol. The zero-order valence-electron chi connectivity index (χ0n) is 25.1. The zero-order chi connectivity index (χ0) is 30.9. The van der Waals surface area contributed by atoms with Crippen molar-refractivity contribution in [1.82, 2.24) is 0 Å². The van der Waals surface area contributed by atoms with E-state index in [1.165, 1.54) is 16.3 Å². The van der Waals surface area contributed by atoms with Crippen molar-refractivity contribution in [1.29, 1.82) is 10.5 Å². The molecule has 0 aromatic heterocycles. The van der Waals surface area contributed by atoms with E-state index in [4.69, 9.17) is 0 Å². The molecule has 0 aliphatic heterocycles. The number of fused-ring (bicyclic) bond motifs is 4. The standard InChI is InChI=1S/C42H29N3/c1-28-10-18-33(19-11-28)45(42-9-5-7-32-6-3-4-8-35(32)42)34-20-15-30(16-21-34)13-14-31-17-23-37-39(25-31)38-24-29(2)12-22-36(38)40(26-43)41(37)27-44/h3-25H,1-2H3/b14-13-. The Morgan fingerprint density at radius 2 is 1.04 bits per heavy atom. The molecule has 0 radical (unpaired) electrons. The molecular weight excluding hydrogens is 546 g/mol. The van der Waals surface area contributed by atoms with Gasteiger partial charge in [-0.3, -0.25) is 0 Å². The van der Waals surface area contributed by atoms with Gasteiger partial charge in [0.25, 0.3) is 0 Å². The molecule has 3 heteroatoms. The van der Waals surface area contributed by atoms with E-state index in [9.17, 15) is 10.5 Å². The number of anilines is 3. The van der Waals surface area contributed by atoms with Gasteiger partial charge in [0.05, 0.1) is 16.8 Å². The van der Waals surface area contributed by atoms with E-state index in [2.05, 4.69) is 139 Å². The summed E-state index contributed by atoms with van der Waals surface area (Å²) in [6, 6.07) is 48.9. The van der Waals surface area contributed by atoms with Crippen LogP contribution in [0.5, 0.6) is 0 Å². The fraction of sp³-hybridized carbons (Fsp3) is 0.0476. The highest BCUT2D eigenvalue weighted by molar-refractivity contribution is 6.13. The molecule has 0 aliphatic rings. The van der Waals surface area contributed by atoms with Crippen molar-refractivity contribution in [3.8, 4) is 12.1 Å². The van der Waals surface area contributed by atoms with Crippen molar-refractivity contribution in [2.75, 3.05) is 4.90 Å². The Morgan fingerprint density at radius 3 is 1.76 bits per heavy atom. The van der Waals surface area contributed by atoms with Crippen LogP contribution in [0.25, 0.3) is 44.5 Å². The molecule has 0 unspecified atom stereocenters. The highest BCUT2D eigenvalue weighted by Crippen LogP contribution is 2.39. The lowest BCUT2D eigenvalue weighted by Gasteiger charge is -2.27. The fourth-order valence-corrected chi connectivity index (χ4v) is 6.16. The second-order valence-electron chi connectivity index (χ2n) is 11.4. The smallest absolute Gasteiger partial charge is 0.101 e. The van der Waals surface area contributed by atoms with Gasteiger partial charge >= 0.3 is 0 Å². The number of rotatable bonds is 5. The van der Waals surface area contributed by atoms with Crippen LogP contribution in [0.15, 0.2) is 127 Å². The van der Waals surface area contributed by atoms with Gasteiger partial charge in [0.2, 0.25) is 0 Å². The van der Waals surface area contributed by atoms with Gasteiger partial charge in [0.1, 0.15) is 12.1 Å². The first kappa shape index (κ1) is 27.7. The van der Waals surface area contributed by atoms with E-state index in [0.717, 1.165) is 55.3 Å². The summed E-state index contributed by atoms with van der Waals surface area (Å²) in [5.74, 6) is 0. The number of hydrogen-bond donors (Lipinski definition) is 0. The van der Waals surface area contributed by atoms with Gasteiger partial charge in [-0.05, 0) is 77.5 Å².